The molecular formula is C15H22O7. The number of carbonyl (C=O) groups is 2. The third kappa shape index (κ3) is 5.80. The van der Waals surface area contributed by atoms with Crippen LogP contribution in [0, 0.1) is 6.92 Å². The molecule has 0 bridgehead atoms. The normalized spacial score (nSPS) is 12.5. The molecule has 1 aromatic carbocycles. The van der Waals surface area contributed by atoms with E-state index in [0.29, 0.717) is 5.56 Å². The third-order valence-corrected chi connectivity index (χ3v) is 2.75. The zero-order valence-corrected chi connectivity index (χ0v) is 13.1. The molecule has 124 valence electrons. The van der Waals surface area contributed by atoms with Crippen molar-refractivity contribution in [3.63, 3.8) is 0 Å². The highest BCUT2D eigenvalue weighted by Gasteiger charge is 2.26. The minimum Gasteiger partial charge on any atom is -0.465 e. The highest BCUT2D eigenvalue weighted by molar-refractivity contribution is 5.91. The van der Waals surface area contributed by atoms with Crippen LogP contribution in [0.1, 0.15) is 27.4 Å². The first-order valence-corrected chi connectivity index (χ1v) is 6.43. The molecule has 0 amide bonds. The maximum Gasteiger partial charge on any atom is 0.338 e. The van der Waals surface area contributed by atoms with Gasteiger partial charge >= 0.3 is 5.97 Å². The molecule has 7 nitrogen and oxygen atoms in total. The highest BCUT2D eigenvalue weighted by Crippen LogP contribution is 2.25. The monoisotopic (exact) mass is 314 g/mol. The third-order valence-electron chi connectivity index (χ3n) is 2.75. The fourth-order valence-corrected chi connectivity index (χ4v) is 1.77. The van der Waals surface area contributed by atoms with Gasteiger partial charge in [0.05, 0.1) is 25.2 Å². The first-order valence-electron chi connectivity index (χ1n) is 6.43. The number of aliphatic hydroxyl groups excluding tert-OH is 2. The van der Waals surface area contributed by atoms with Crippen molar-refractivity contribution in [2.75, 3.05) is 27.9 Å². The van der Waals surface area contributed by atoms with Crippen molar-refractivity contribution in [3.8, 4) is 0 Å². The molecule has 0 radical (unpaired) electrons. The second-order valence-electron chi connectivity index (χ2n) is 4.40. The van der Waals surface area contributed by atoms with Gasteiger partial charge in [-0.15, -0.1) is 0 Å². The van der Waals surface area contributed by atoms with Crippen molar-refractivity contribution >= 4 is 12.4 Å². The summed E-state index contributed by atoms with van der Waals surface area (Å²) < 4.78 is 13.3. The first kappa shape index (κ1) is 20.0. The highest BCUT2D eigenvalue weighted by atomic mass is 16.6. The van der Waals surface area contributed by atoms with Gasteiger partial charge in [0.15, 0.2) is 0 Å². The van der Waals surface area contributed by atoms with Crippen molar-refractivity contribution < 1.29 is 34.0 Å². The number of methoxy groups -OCH3 is 2. The summed E-state index contributed by atoms with van der Waals surface area (Å²) in [6, 6.07) is 4.88. The smallest absolute Gasteiger partial charge is 0.338 e. The Bertz CT molecular complexity index is 473. The molecule has 0 saturated carbocycles. The van der Waals surface area contributed by atoms with E-state index >= 15 is 0 Å². The number of hydrogen-bond acceptors (Lipinski definition) is 7. The number of aliphatic hydroxyl groups is 2. The van der Waals surface area contributed by atoms with E-state index in [1.807, 2.05) is 0 Å². The van der Waals surface area contributed by atoms with E-state index in [2.05, 4.69) is 14.2 Å². The quantitative estimate of drug-likeness (QED) is 0.450. The van der Waals surface area contributed by atoms with Gasteiger partial charge in [0, 0.05) is 14.2 Å². The average molecular weight is 314 g/mol. The SMILES string of the molecule is COC.COC(=O)c1cc(C)ccc1C(CO)C(O)OC=O. The second-order valence-corrected chi connectivity index (χ2v) is 4.40. The van der Waals surface area contributed by atoms with E-state index in [9.17, 15) is 19.8 Å². The van der Waals surface area contributed by atoms with Crippen molar-refractivity contribution in [2.24, 2.45) is 0 Å². The van der Waals surface area contributed by atoms with Crippen LogP contribution < -0.4 is 0 Å². The first-order chi connectivity index (χ1) is 10.5. The van der Waals surface area contributed by atoms with Crippen LogP contribution in [-0.2, 0) is 19.0 Å². The van der Waals surface area contributed by atoms with Gasteiger partial charge in [-0.25, -0.2) is 4.79 Å². The van der Waals surface area contributed by atoms with E-state index in [0.717, 1.165) is 5.56 Å². The zero-order valence-electron chi connectivity index (χ0n) is 13.1. The molecule has 22 heavy (non-hydrogen) atoms. The Labute approximate surface area is 129 Å². The molecule has 2 N–H and O–H groups in total. The Balaban J connectivity index is 0.00000135. The maximum absolute atomic E-state index is 11.7. The van der Waals surface area contributed by atoms with E-state index < -0.39 is 24.8 Å². The summed E-state index contributed by atoms with van der Waals surface area (Å²) in [5, 5.41) is 19.0. The van der Waals surface area contributed by atoms with Crippen LogP contribution in [0.25, 0.3) is 0 Å². The molecule has 2 unspecified atom stereocenters. The van der Waals surface area contributed by atoms with Crippen LogP contribution in [-0.4, -0.2) is 56.9 Å². The van der Waals surface area contributed by atoms with Crippen LogP contribution in [0.3, 0.4) is 0 Å². The van der Waals surface area contributed by atoms with E-state index in [-0.39, 0.29) is 12.0 Å². The zero-order chi connectivity index (χ0) is 17.1. The number of aryl methyl sites for hydroxylation is 1. The summed E-state index contributed by atoms with van der Waals surface area (Å²) in [4.78, 5) is 21.9. The van der Waals surface area contributed by atoms with Crippen molar-refractivity contribution in [2.45, 2.75) is 19.1 Å². The summed E-state index contributed by atoms with van der Waals surface area (Å²) >= 11 is 0. The molecule has 0 spiro atoms. The molecular weight excluding hydrogens is 292 g/mol. The van der Waals surface area contributed by atoms with Gasteiger partial charge in [-0.1, -0.05) is 17.7 Å². The van der Waals surface area contributed by atoms with Crippen LogP contribution in [0.4, 0.5) is 0 Å². The van der Waals surface area contributed by atoms with Crippen molar-refractivity contribution in [1.82, 2.24) is 0 Å². The largest absolute Gasteiger partial charge is 0.465 e. The maximum atomic E-state index is 11.7. The summed E-state index contributed by atoms with van der Waals surface area (Å²) in [6.45, 7) is 1.39. The number of benzene rings is 1. The lowest BCUT2D eigenvalue weighted by Crippen LogP contribution is -2.26. The minimum absolute atomic E-state index is 0.0827. The molecule has 0 aliphatic rings. The second kappa shape index (κ2) is 10.7. The van der Waals surface area contributed by atoms with Gasteiger partial charge in [0.1, 0.15) is 0 Å². The Morgan fingerprint density at radius 1 is 1.32 bits per heavy atom. The Morgan fingerprint density at radius 2 is 1.91 bits per heavy atom. The topological polar surface area (TPSA) is 102 Å². The molecule has 7 heteroatoms. The molecule has 0 fully saturated rings. The Hall–Kier alpha value is -1.96. The number of ether oxygens (including phenoxy) is 3. The fourth-order valence-electron chi connectivity index (χ4n) is 1.77. The van der Waals surface area contributed by atoms with Gasteiger partial charge in [0.25, 0.3) is 6.47 Å². The summed E-state index contributed by atoms with van der Waals surface area (Å²) in [7, 11) is 4.49. The lowest BCUT2D eigenvalue weighted by Gasteiger charge is -2.21. The predicted molar refractivity (Wildman–Crippen MR) is 78.4 cm³/mol. The number of hydrogen-bond donors (Lipinski definition) is 2. The molecule has 0 saturated heterocycles. The van der Waals surface area contributed by atoms with Gasteiger partial charge in [-0.3, -0.25) is 4.79 Å². The lowest BCUT2D eigenvalue weighted by molar-refractivity contribution is -0.157. The number of carbonyl (C=O) groups excluding carboxylic acids is 2. The number of rotatable bonds is 6. The average Bonchev–Trinajstić information content (AvgIpc) is 2.49. The Morgan fingerprint density at radius 3 is 2.36 bits per heavy atom. The molecule has 0 heterocycles. The van der Waals surface area contributed by atoms with Gasteiger partial charge in [-0.05, 0) is 18.6 Å². The minimum atomic E-state index is -1.53. The van der Waals surface area contributed by atoms with Gasteiger partial charge < -0.3 is 24.4 Å². The van der Waals surface area contributed by atoms with Crippen LogP contribution in [0.15, 0.2) is 18.2 Å². The van der Waals surface area contributed by atoms with E-state index in [4.69, 9.17) is 0 Å². The van der Waals surface area contributed by atoms with Crippen molar-refractivity contribution in [3.05, 3.63) is 34.9 Å². The molecule has 0 aromatic heterocycles. The van der Waals surface area contributed by atoms with Crippen LogP contribution >= 0.6 is 0 Å². The molecule has 1 aromatic rings. The molecule has 0 aliphatic carbocycles. The van der Waals surface area contributed by atoms with Gasteiger partial charge in [-0.2, -0.15) is 0 Å². The standard InChI is InChI=1S/C13H16O6.C2H6O/c1-8-3-4-9(10(5-8)12(16)18-2)11(6-14)13(17)19-7-15;1-3-2/h3-5,7,11,13-14,17H,6H2,1-2H3;1-2H3. The summed E-state index contributed by atoms with van der Waals surface area (Å²) in [6.07, 6.45) is -1.53. The van der Waals surface area contributed by atoms with E-state index in [1.54, 1.807) is 39.3 Å². The van der Waals surface area contributed by atoms with E-state index in [1.165, 1.54) is 7.11 Å². The fraction of sp³-hybridized carbons (Fsp3) is 0.467. The Kier molecular flexibility index (Phi) is 9.77. The summed E-state index contributed by atoms with van der Waals surface area (Å²) in [5.41, 5.74) is 1.40. The molecule has 1 rings (SSSR count). The lowest BCUT2D eigenvalue weighted by atomic mass is 9.93. The van der Waals surface area contributed by atoms with Crippen LogP contribution in [0.5, 0.6) is 0 Å². The van der Waals surface area contributed by atoms with Gasteiger partial charge in [0.2, 0.25) is 6.29 Å². The predicted octanol–water partition coefficient (Wildman–Crippen LogP) is 0.612. The molecule has 2 atom stereocenters. The van der Waals surface area contributed by atoms with Crippen LogP contribution in [0.2, 0.25) is 0 Å². The van der Waals surface area contributed by atoms with Crippen molar-refractivity contribution in [1.29, 1.82) is 0 Å². The number of esters is 1. The molecule has 0 aliphatic heterocycles. The summed E-state index contributed by atoms with van der Waals surface area (Å²) in [5.74, 6) is -1.50.